The van der Waals surface area contributed by atoms with E-state index in [4.69, 9.17) is 0 Å². The summed E-state index contributed by atoms with van der Waals surface area (Å²) in [5.74, 6) is 1.05. The molecule has 0 aromatic heterocycles. The van der Waals surface area contributed by atoms with E-state index in [2.05, 4.69) is 10.4 Å². The van der Waals surface area contributed by atoms with E-state index in [1.165, 1.54) is 51.7 Å². The first kappa shape index (κ1) is 7.56. The summed E-state index contributed by atoms with van der Waals surface area (Å²) in [5, 5.41) is 2.40. The van der Waals surface area contributed by atoms with Crippen molar-refractivity contribution >= 4 is 0 Å². The van der Waals surface area contributed by atoms with Crippen molar-refractivity contribution in [3.63, 3.8) is 0 Å². The van der Waals surface area contributed by atoms with Gasteiger partial charge in [0, 0.05) is 19.6 Å². The summed E-state index contributed by atoms with van der Waals surface area (Å²) in [5.41, 5.74) is 3.48. The fraction of sp³-hybridized carbons (Fsp3) is 1.00. The Balaban J connectivity index is 1.92. The van der Waals surface area contributed by atoms with E-state index in [1.807, 2.05) is 0 Å². The molecule has 0 amide bonds. The van der Waals surface area contributed by atoms with Crippen molar-refractivity contribution in [2.75, 3.05) is 19.6 Å². The molecule has 2 heteroatoms. The molecule has 0 saturated carbocycles. The zero-order chi connectivity index (χ0) is 7.52. The number of rotatable bonds is 0. The second-order valence-electron chi connectivity index (χ2n) is 3.83. The van der Waals surface area contributed by atoms with Crippen molar-refractivity contribution in [1.29, 1.82) is 0 Å². The van der Waals surface area contributed by atoms with Crippen LogP contribution in [0.2, 0.25) is 0 Å². The molecule has 0 unspecified atom stereocenters. The smallest absolute Gasteiger partial charge is 0.0133 e. The van der Waals surface area contributed by atoms with Crippen molar-refractivity contribution in [3.8, 4) is 0 Å². The first-order valence-corrected chi connectivity index (χ1v) is 4.93. The van der Waals surface area contributed by atoms with E-state index in [-0.39, 0.29) is 0 Å². The number of fused-ring (bicyclic) bond motifs is 6. The molecule has 3 rings (SSSR count). The summed E-state index contributed by atoms with van der Waals surface area (Å²) in [6.07, 6.45) is 7.13. The molecule has 3 aliphatic rings. The quantitative estimate of drug-likeness (QED) is 0.567. The summed E-state index contributed by atoms with van der Waals surface area (Å²) in [7, 11) is 0. The lowest BCUT2D eigenvalue weighted by molar-refractivity contribution is 0.131. The molecule has 64 valence electrons. The summed E-state index contributed by atoms with van der Waals surface area (Å²) in [6, 6.07) is 0. The van der Waals surface area contributed by atoms with Gasteiger partial charge in [-0.1, -0.05) is 12.8 Å². The largest absolute Gasteiger partial charge is 0.255 e. The Bertz CT molecular complexity index is 97.2. The highest BCUT2D eigenvalue weighted by Crippen LogP contribution is 2.22. The lowest BCUT2D eigenvalue weighted by atomic mass is 9.93. The summed E-state index contributed by atoms with van der Waals surface area (Å²) in [6.45, 7) is 3.77. The second kappa shape index (κ2) is 3.55. The number of hydrogen-bond donors (Lipinski definition) is 1. The third kappa shape index (κ3) is 1.94. The van der Waals surface area contributed by atoms with Crippen LogP contribution in [0.5, 0.6) is 0 Å². The van der Waals surface area contributed by atoms with Gasteiger partial charge in [-0.25, -0.2) is 5.01 Å². The van der Waals surface area contributed by atoms with Gasteiger partial charge >= 0.3 is 0 Å². The number of nitrogens with one attached hydrogen (secondary N) is 1. The van der Waals surface area contributed by atoms with Gasteiger partial charge in [0.25, 0.3) is 0 Å². The molecule has 2 bridgehead atoms. The van der Waals surface area contributed by atoms with E-state index in [0.29, 0.717) is 0 Å². The first-order chi connectivity index (χ1) is 5.45. The average Bonchev–Trinajstić information content (AvgIpc) is 2.21. The van der Waals surface area contributed by atoms with Gasteiger partial charge in [0.2, 0.25) is 0 Å². The number of hydrazine groups is 1. The third-order valence-corrected chi connectivity index (χ3v) is 2.99. The van der Waals surface area contributed by atoms with Crippen molar-refractivity contribution in [3.05, 3.63) is 0 Å². The van der Waals surface area contributed by atoms with E-state index >= 15 is 0 Å². The van der Waals surface area contributed by atoms with Gasteiger partial charge < -0.3 is 0 Å². The molecule has 0 aliphatic carbocycles. The van der Waals surface area contributed by atoms with Crippen molar-refractivity contribution < 1.29 is 0 Å². The molecular formula is C9H18N2. The SMILES string of the molecule is C1CCC2CCN(CC2)NC1. The van der Waals surface area contributed by atoms with Gasteiger partial charge in [-0.05, 0) is 25.2 Å². The number of piperidine rings is 1. The molecule has 0 radical (unpaired) electrons. The molecule has 0 spiro atoms. The lowest BCUT2D eigenvalue weighted by Gasteiger charge is -2.30. The van der Waals surface area contributed by atoms with E-state index in [1.54, 1.807) is 0 Å². The fourth-order valence-electron chi connectivity index (χ4n) is 2.17. The summed E-state index contributed by atoms with van der Waals surface area (Å²) in [4.78, 5) is 0. The molecule has 3 fully saturated rings. The number of nitrogens with zero attached hydrogens (tertiary/aromatic N) is 1. The Morgan fingerprint density at radius 1 is 1.00 bits per heavy atom. The van der Waals surface area contributed by atoms with Gasteiger partial charge in [0.1, 0.15) is 0 Å². The van der Waals surface area contributed by atoms with Crippen LogP contribution in [-0.2, 0) is 0 Å². The van der Waals surface area contributed by atoms with Crippen molar-refractivity contribution in [2.24, 2.45) is 5.92 Å². The molecule has 3 saturated heterocycles. The van der Waals surface area contributed by atoms with Gasteiger partial charge in [-0.3, -0.25) is 5.43 Å². The number of hydrogen-bond acceptors (Lipinski definition) is 2. The predicted octanol–water partition coefficient (Wildman–Crippen LogP) is 1.39. The Kier molecular flexibility index (Phi) is 2.44. The van der Waals surface area contributed by atoms with Crippen LogP contribution in [0.15, 0.2) is 0 Å². The van der Waals surface area contributed by atoms with Crippen LogP contribution in [0.25, 0.3) is 0 Å². The highest BCUT2D eigenvalue weighted by atomic mass is 15.5. The minimum Gasteiger partial charge on any atom is -0.255 e. The standard InChI is InChI=1S/C9H18N2/c1-2-6-10-11-7-4-9(3-1)5-8-11/h9-10H,1-8H2. The van der Waals surface area contributed by atoms with Crippen LogP contribution in [-0.4, -0.2) is 24.6 Å². The summed E-state index contributed by atoms with van der Waals surface area (Å²) >= 11 is 0. The van der Waals surface area contributed by atoms with Gasteiger partial charge in [0.05, 0.1) is 0 Å². The maximum absolute atomic E-state index is 3.48. The Morgan fingerprint density at radius 2 is 1.82 bits per heavy atom. The Labute approximate surface area is 68.9 Å². The molecule has 0 aromatic carbocycles. The van der Waals surface area contributed by atoms with E-state index < -0.39 is 0 Å². The minimum atomic E-state index is 1.05. The second-order valence-corrected chi connectivity index (χ2v) is 3.83. The molecular weight excluding hydrogens is 136 g/mol. The summed E-state index contributed by atoms with van der Waals surface area (Å²) < 4.78 is 0. The van der Waals surface area contributed by atoms with Crippen LogP contribution in [0.3, 0.4) is 0 Å². The molecule has 0 aromatic rings. The zero-order valence-corrected chi connectivity index (χ0v) is 7.18. The molecule has 3 heterocycles. The van der Waals surface area contributed by atoms with Crippen molar-refractivity contribution in [2.45, 2.75) is 32.1 Å². The van der Waals surface area contributed by atoms with Crippen LogP contribution in [0.4, 0.5) is 0 Å². The third-order valence-electron chi connectivity index (χ3n) is 2.99. The highest BCUT2D eigenvalue weighted by molar-refractivity contribution is 4.72. The van der Waals surface area contributed by atoms with Crippen LogP contribution < -0.4 is 5.43 Å². The minimum absolute atomic E-state index is 1.05. The fourth-order valence-corrected chi connectivity index (χ4v) is 2.17. The lowest BCUT2D eigenvalue weighted by Crippen LogP contribution is -2.43. The van der Waals surface area contributed by atoms with Crippen LogP contribution >= 0.6 is 0 Å². The molecule has 3 aliphatic heterocycles. The Hall–Kier alpha value is -0.0800. The molecule has 11 heavy (non-hydrogen) atoms. The van der Waals surface area contributed by atoms with Crippen LogP contribution in [0, 0.1) is 5.92 Å². The Morgan fingerprint density at radius 3 is 2.64 bits per heavy atom. The monoisotopic (exact) mass is 154 g/mol. The topological polar surface area (TPSA) is 15.3 Å². The molecule has 1 N–H and O–H groups in total. The average molecular weight is 154 g/mol. The van der Waals surface area contributed by atoms with Crippen LogP contribution in [0.1, 0.15) is 32.1 Å². The maximum Gasteiger partial charge on any atom is 0.0133 e. The normalized spacial score (nSPS) is 39.3. The molecule has 2 nitrogen and oxygen atoms in total. The first-order valence-electron chi connectivity index (χ1n) is 4.93. The van der Waals surface area contributed by atoms with E-state index in [0.717, 1.165) is 5.92 Å². The van der Waals surface area contributed by atoms with Gasteiger partial charge in [0.15, 0.2) is 0 Å². The van der Waals surface area contributed by atoms with Gasteiger partial charge in [-0.2, -0.15) is 0 Å². The zero-order valence-electron chi connectivity index (χ0n) is 7.18. The molecule has 0 atom stereocenters. The maximum atomic E-state index is 3.48. The van der Waals surface area contributed by atoms with Gasteiger partial charge in [-0.15, -0.1) is 0 Å². The van der Waals surface area contributed by atoms with E-state index in [9.17, 15) is 0 Å². The predicted molar refractivity (Wildman–Crippen MR) is 46.2 cm³/mol. The van der Waals surface area contributed by atoms with Crippen molar-refractivity contribution in [1.82, 2.24) is 10.4 Å². The highest BCUT2D eigenvalue weighted by Gasteiger charge is 2.19.